The maximum atomic E-state index is 5.86. The first-order chi connectivity index (χ1) is 13.2. The molecular formula is C24H40O3Si. The van der Waals surface area contributed by atoms with E-state index in [2.05, 4.69) is 79.0 Å². The van der Waals surface area contributed by atoms with Crippen LogP contribution in [0.25, 0.3) is 0 Å². The van der Waals surface area contributed by atoms with Gasteiger partial charge in [-0.3, -0.25) is 0 Å². The molecule has 0 saturated carbocycles. The third kappa shape index (κ3) is 6.37. The summed E-state index contributed by atoms with van der Waals surface area (Å²) in [4.78, 5) is 0. The molecule has 4 heteroatoms. The van der Waals surface area contributed by atoms with E-state index in [1.54, 1.807) is 7.11 Å². The van der Waals surface area contributed by atoms with E-state index in [1.165, 1.54) is 11.1 Å². The van der Waals surface area contributed by atoms with Crippen molar-refractivity contribution in [3.63, 3.8) is 0 Å². The topological polar surface area (TPSA) is 27.7 Å². The standard InChI is InChI=1S/C24H40O3Si/c1-18(2)28(19(3)4,20(5)6)15-10-24-21(7)16-23(17-22(24)8)27-14-13-26-12-11-25-9/h16-20H,11-14H2,1-9H3. The zero-order valence-electron chi connectivity index (χ0n) is 19.4. The lowest BCUT2D eigenvalue weighted by Gasteiger charge is -2.38. The molecule has 3 nitrogen and oxygen atoms in total. The highest BCUT2D eigenvalue weighted by atomic mass is 28.3. The largest absolute Gasteiger partial charge is 0.491 e. The highest BCUT2D eigenvalue weighted by Gasteiger charge is 2.41. The van der Waals surface area contributed by atoms with E-state index in [-0.39, 0.29) is 0 Å². The normalized spacial score (nSPS) is 11.9. The Morgan fingerprint density at radius 3 is 1.79 bits per heavy atom. The molecule has 0 spiro atoms. The predicted molar refractivity (Wildman–Crippen MR) is 122 cm³/mol. The van der Waals surface area contributed by atoms with Crippen LogP contribution in [0.1, 0.15) is 58.2 Å². The third-order valence-corrected chi connectivity index (χ3v) is 12.0. The molecule has 0 fully saturated rings. The molecule has 0 heterocycles. The number of rotatable bonds is 10. The molecular weight excluding hydrogens is 364 g/mol. The van der Waals surface area contributed by atoms with Crippen molar-refractivity contribution >= 4 is 8.07 Å². The van der Waals surface area contributed by atoms with Crippen LogP contribution in [0.3, 0.4) is 0 Å². The molecule has 1 rings (SSSR count). The van der Waals surface area contributed by atoms with Gasteiger partial charge in [0, 0.05) is 12.7 Å². The summed E-state index contributed by atoms with van der Waals surface area (Å²) in [6, 6.07) is 4.19. The molecule has 0 amide bonds. The molecule has 28 heavy (non-hydrogen) atoms. The van der Waals surface area contributed by atoms with Crippen LogP contribution >= 0.6 is 0 Å². The number of benzene rings is 1. The van der Waals surface area contributed by atoms with Gasteiger partial charge in [-0.05, 0) is 53.7 Å². The SMILES string of the molecule is COCCOCCOc1cc(C)c(C#C[Si](C(C)C)(C(C)C)C(C)C)c(C)c1. The molecule has 0 N–H and O–H groups in total. The molecule has 0 atom stereocenters. The van der Waals surface area contributed by atoms with Gasteiger partial charge in [-0.1, -0.05) is 47.5 Å². The van der Waals surface area contributed by atoms with Crippen molar-refractivity contribution in [1.29, 1.82) is 0 Å². The first-order valence-electron chi connectivity index (χ1n) is 10.5. The number of aryl methyl sites for hydroxylation is 2. The first kappa shape index (κ1) is 24.8. The Balaban J connectivity index is 2.98. The van der Waals surface area contributed by atoms with Crippen molar-refractivity contribution in [3.8, 4) is 17.2 Å². The van der Waals surface area contributed by atoms with Gasteiger partial charge in [-0.2, -0.15) is 0 Å². The second kappa shape index (κ2) is 11.7. The summed E-state index contributed by atoms with van der Waals surface area (Å²) in [5.74, 6) is 4.49. The van der Waals surface area contributed by atoms with Crippen LogP contribution < -0.4 is 4.74 Å². The van der Waals surface area contributed by atoms with Crippen molar-refractivity contribution in [1.82, 2.24) is 0 Å². The monoisotopic (exact) mass is 404 g/mol. The summed E-state index contributed by atoms with van der Waals surface area (Å²) in [7, 11) is -0.0535. The number of ether oxygens (including phenoxy) is 3. The van der Waals surface area contributed by atoms with E-state index >= 15 is 0 Å². The predicted octanol–water partition coefficient (Wildman–Crippen LogP) is 5.91. The van der Waals surface area contributed by atoms with Crippen LogP contribution in [0.4, 0.5) is 0 Å². The molecule has 1 aromatic rings. The molecule has 0 bridgehead atoms. The molecule has 0 aliphatic rings. The molecule has 0 saturated heterocycles. The number of hydrogen-bond acceptors (Lipinski definition) is 3. The Morgan fingerprint density at radius 1 is 0.821 bits per heavy atom. The molecule has 0 aliphatic heterocycles. The van der Waals surface area contributed by atoms with Gasteiger partial charge in [-0.25, -0.2) is 0 Å². The summed E-state index contributed by atoms with van der Waals surface area (Å²) in [5.41, 5.74) is 9.28. The Labute approximate surface area is 174 Å². The summed E-state index contributed by atoms with van der Waals surface area (Å²) in [6.45, 7) is 20.7. The van der Waals surface area contributed by atoms with Gasteiger partial charge in [0.25, 0.3) is 0 Å². The minimum atomic E-state index is -1.73. The first-order valence-corrected chi connectivity index (χ1v) is 12.7. The Kier molecular flexibility index (Phi) is 10.3. The minimum absolute atomic E-state index is 0.539. The Bertz CT molecular complexity index is 623. The molecule has 1 aromatic carbocycles. The summed E-state index contributed by atoms with van der Waals surface area (Å²) >= 11 is 0. The summed E-state index contributed by atoms with van der Waals surface area (Å²) in [5, 5.41) is 0. The van der Waals surface area contributed by atoms with Crippen LogP contribution in [0.2, 0.25) is 16.6 Å². The van der Waals surface area contributed by atoms with Gasteiger partial charge in [0.15, 0.2) is 0 Å². The fraction of sp³-hybridized carbons (Fsp3) is 0.667. The van der Waals surface area contributed by atoms with Crippen LogP contribution in [-0.2, 0) is 9.47 Å². The van der Waals surface area contributed by atoms with E-state index in [1.807, 2.05) is 0 Å². The van der Waals surface area contributed by atoms with Crippen LogP contribution in [0.5, 0.6) is 5.75 Å². The fourth-order valence-corrected chi connectivity index (χ4v) is 9.48. The van der Waals surface area contributed by atoms with E-state index in [0.29, 0.717) is 43.1 Å². The maximum absolute atomic E-state index is 5.86. The van der Waals surface area contributed by atoms with Crippen molar-refractivity contribution in [2.45, 2.75) is 72.0 Å². The number of hydrogen-bond donors (Lipinski definition) is 0. The van der Waals surface area contributed by atoms with Gasteiger partial charge in [0.05, 0.1) is 19.8 Å². The smallest absolute Gasteiger partial charge is 0.146 e. The van der Waals surface area contributed by atoms with Crippen molar-refractivity contribution in [2.24, 2.45) is 0 Å². The zero-order chi connectivity index (χ0) is 21.3. The number of methoxy groups -OCH3 is 1. The van der Waals surface area contributed by atoms with E-state index in [0.717, 1.165) is 11.3 Å². The highest BCUT2D eigenvalue weighted by molar-refractivity contribution is 6.90. The van der Waals surface area contributed by atoms with Crippen molar-refractivity contribution in [3.05, 3.63) is 28.8 Å². The second-order valence-corrected chi connectivity index (χ2v) is 14.1. The average Bonchev–Trinajstić information content (AvgIpc) is 2.59. The lowest BCUT2D eigenvalue weighted by Crippen LogP contribution is -2.43. The highest BCUT2D eigenvalue weighted by Crippen LogP contribution is 2.40. The molecule has 0 unspecified atom stereocenters. The quantitative estimate of drug-likeness (QED) is 0.275. The van der Waals surface area contributed by atoms with Crippen LogP contribution in [-0.4, -0.2) is 41.6 Å². The zero-order valence-corrected chi connectivity index (χ0v) is 20.4. The van der Waals surface area contributed by atoms with E-state index < -0.39 is 8.07 Å². The lowest BCUT2D eigenvalue weighted by molar-refractivity contribution is 0.0544. The van der Waals surface area contributed by atoms with Gasteiger partial charge in [0.1, 0.15) is 20.4 Å². The van der Waals surface area contributed by atoms with E-state index in [9.17, 15) is 0 Å². The maximum Gasteiger partial charge on any atom is 0.146 e. The van der Waals surface area contributed by atoms with Gasteiger partial charge in [-0.15, -0.1) is 5.54 Å². The molecule has 0 aliphatic carbocycles. The third-order valence-electron chi connectivity index (χ3n) is 5.70. The molecule has 0 aromatic heterocycles. The Hall–Kier alpha value is -1.28. The van der Waals surface area contributed by atoms with E-state index in [4.69, 9.17) is 14.2 Å². The second-order valence-electron chi connectivity index (χ2n) is 8.53. The Morgan fingerprint density at radius 2 is 1.32 bits per heavy atom. The average molecular weight is 405 g/mol. The van der Waals surface area contributed by atoms with Gasteiger partial charge >= 0.3 is 0 Å². The van der Waals surface area contributed by atoms with Crippen LogP contribution in [0, 0.1) is 25.3 Å². The summed E-state index contributed by atoms with van der Waals surface area (Å²) in [6.07, 6.45) is 0. The minimum Gasteiger partial charge on any atom is -0.491 e. The van der Waals surface area contributed by atoms with Crippen molar-refractivity contribution in [2.75, 3.05) is 33.5 Å². The lowest BCUT2D eigenvalue weighted by atomic mass is 10.0. The van der Waals surface area contributed by atoms with Gasteiger partial charge in [0.2, 0.25) is 0 Å². The fourth-order valence-electron chi connectivity index (χ4n) is 4.27. The van der Waals surface area contributed by atoms with Gasteiger partial charge < -0.3 is 14.2 Å². The molecule has 158 valence electrons. The molecule has 0 radical (unpaired) electrons. The van der Waals surface area contributed by atoms with Crippen LogP contribution in [0.15, 0.2) is 12.1 Å². The van der Waals surface area contributed by atoms with Crippen molar-refractivity contribution < 1.29 is 14.2 Å². The summed E-state index contributed by atoms with van der Waals surface area (Å²) < 4.78 is 16.3.